The fourth-order valence-electron chi connectivity index (χ4n) is 2.63. The molecule has 1 aliphatic heterocycles. The fourth-order valence-corrected chi connectivity index (χ4v) is 2.63. The predicted octanol–water partition coefficient (Wildman–Crippen LogP) is 2.15. The topological polar surface area (TPSA) is 66.0 Å². The molecular formula is C18H36N4O2. The van der Waals surface area contributed by atoms with Crippen molar-refractivity contribution in [3.63, 3.8) is 0 Å². The van der Waals surface area contributed by atoms with Gasteiger partial charge in [0.25, 0.3) is 0 Å². The molecular weight excluding hydrogens is 304 g/mol. The number of hydrogen-bond acceptors (Lipinski definition) is 3. The number of guanidine groups is 1. The monoisotopic (exact) mass is 340 g/mol. The maximum atomic E-state index is 11.8. The number of nitrogens with one attached hydrogen (secondary N) is 2. The van der Waals surface area contributed by atoms with Crippen molar-refractivity contribution in [1.82, 2.24) is 15.5 Å². The van der Waals surface area contributed by atoms with Crippen molar-refractivity contribution in [3.8, 4) is 0 Å². The van der Waals surface area contributed by atoms with Gasteiger partial charge in [0.15, 0.2) is 5.96 Å². The largest absolute Gasteiger partial charge is 0.376 e. The van der Waals surface area contributed by atoms with Crippen LogP contribution in [0.15, 0.2) is 4.99 Å². The molecule has 0 saturated carbocycles. The van der Waals surface area contributed by atoms with E-state index < -0.39 is 0 Å². The van der Waals surface area contributed by atoms with E-state index in [4.69, 9.17) is 4.74 Å². The van der Waals surface area contributed by atoms with E-state index in [0.29, 0.717) is 12.0 Å². The van der Waals surface area contributed by atoms with Gasteiger partial charge >= 0.3 is 0 Å². The maximum Gasteiger partial charge on any atom is 0.243 e. The lowest BCUT2D eigenvalue weighted by Gasteiger charge is -2.25. The lowest BCUT2D eigenvalue weighted by Crippen LogP contribution is -2.46. The molecule has 1 aliphatic rings. The molecule has 2 unspecified atom stereocenters. The maximum absolute atomic E-state index is 11.8. The summed E-state index contributed by atoms with van der Waals surface area (Å²) in [7, 11) is 3.50. The van der Waals surface area contributed by atoms with Crippen LogP contribution in [0.5, 0.6) is 0 Å². The molecule has 140 valence electrons. The number of aliphatic imine (C=N–C) groups is 1. The molecule has 0 bridgehead atoms. The van der Waals surface area contributed by atoms with Gasteiger partial charge in [-0.3, -0.25) is 4.79 Å². The number of likely N-dealkylation sites (N-methyl/N-ethyl adjacent to an activating group) is 1. The minimum absolute atomic E-state index is 0.00338. The van der Waals surface area contributed by atoms with Crippen LogP contribution in [0.4, 0.5) is 0 Å². The van der Waals surface area contributed by atoms with E-state index in [1.54, 1.807) is 19.0 Å². The van der Waals surface area contributed by atoms with Crippen LogP contribution in [-0.4, -0.2) is 62.7 Å². The molecule has 1 heterocycles. The molecule has 1 fully saturated rings. The molecule has 0 aromatic carbocycles. The van der Waals surface area contributed by atoms with E-state index >= 15 is 0 Å². The van der Waals surface area contributed by atoms with Gasteiger partial charge in [-0.15, -0.1) is 0 Å². The molecule has 6 heteroatoms. The summed E-state index contributed by atoms with van der Waals surface area (Å²) in [6.07, 6.45) is 8.49. The lowest BCUT2D eigenvalue weighted by atomic mass is 10.1. The summed E-state index contributed by atoms with van der Waals surface area (Å²) in [6.45, 7) is 6.12. The van der Waals surface area contributed by atoms with Crippen LogP contribution in [0.2, 0.25) is 0 Å². The van der Waals surface area contributed by atoms with E-state index in [1.807, 2.05) is 0 Å². The minimum Gasteiger partial charge on any atom is -0.376 e. The number of rotatable bonds is 9. The molecule has 6 nitrogen and oxygen atoms in total. The van der Waals surface area contributed by atoms with E-state index in [9.17, 15) is 4.79 Å². The molecule has 24 heavy (non-hydrogen) atoms. The Morgan fingerprint density at radius 2 is 2.12 bits per heavy atom. The van der Waals surface area contributed by atoms with Crippen molar-refractivity contribution in [3.05, 3.63) is 0 Å². The van der Waals surface area contributed by atoms with Gasteiger partial charge in [0.1, 0.15) is 6.54 Å². The first-order valence-electron chi connectivity index (χ1n) is 9.39. The first kappa shape index (κ1) is 20.7. The zero-order chi connectivity index (χ0) is 17.8. The Kier molecular flexibility index (Phi) is 10.5. The van der Waals surface area contributed by atoms with Crippen LogP contribution in [0.25, 0.3) is 0 Å². The number of carbonyl (C=O) groups is 1. The molecule has 2 N–H and O–H groups in total. The van der Waals surface area contributed by atoms with Crippen LogP contribution in [0, 0.1) is 0 Å². The van der Waals surface area contributed by atoms with Crippen LogP contribution in [0.1, 0.15) is 58.8 Å². The summed E-state index contributed by atoms with van der Waals surface area (Å²) in [5.74, 6) is 0.715. The van der Waals surface area contributed by atoms with Crippen molar-refractivity contribution in [2.45, 2.75) is 70.9 Å². The van der Waals surface area contributed by atoms with Crippen LogP contribution >= 0.6 is 0 Å². The average molecular weight is 341 g/mol. The summed E-state index contributed by atoms with van der Waals surface area (Å²) in [6, 6.07) is 0.338. The standard InChI is InChI=1S/C18H36N4O2/c1-5-6-7-10-15(2)21-18(20-14-17(23)22(3)4)19-13-16-11-8-9-12-24-16/h15-16H,5-14H2,1-4H3,(H2,19,20,21). The molecule has 1 saturated heterocycles. The van der Waals surface area contributed by atoms with Gasteiger partial charge in [0, 0.05) is 33.3 Å². The summed E-state index contributed by atoms with van der Waals surface area (Å²) in [4.78, 5) is 17.8. The van der Waals surface area contributed by atoms with Gasteiger partial charge in [-0.2, -0.15) is 0 Å². The Morgan fingerprint density at radius 1 is 1.33 bits per heavy atom. The van der Waals surface area contributed by atoms with Gasteiger partial charge in [0.2, 0.25) is 5.91 Å². The van der Waals surface area contributed by atoms with Crippen molar-refractivity contribution in [1.29, 1.82) is 0 Å². The van der Waals surface area contributed by atoms with Crippen molar-refractivity contribution < 1.29 is 9.53 Å². The Hall–Kier alpha value is -1.30. The zero-order valence-electron chi connectivity index (χ0n) is 15.9. The van der Waals surface area contributed by atoms with Crippen molar-refractivity contribution >= 4 is 11.9 Å². The Balaban J connectivity index is 2.50. The van der Waals surface area contributed by atoms with Crippen molar-refractivity contribution in [2.24, 2.45) is 4.99 Å². The van der Waals surface area contributed by atoms with Gasteiger partial charge < -0.3 is 20.3 Å². The number of amides is 1. The smallest absolute Gasteiger partial charge is 0.243 e. The number of ether oxygens (including phenoxy) is 1. The van der Waals surface area contributed by atoms with E-state index in [1.165, 1.54) is 25.7 Å². The highest BCUT2D eigenvalue weighted by molar-refractivity contribution is 5.84. The molecule has 1 amide bonds. The number of unbranched alkanes of at least 4 members (excludes halogenated alkanes) is 2. The molecule has 1 rings (SSSR count). The lowest BCUT2D eigenvalue weighted by molar-refractivity contribution is -0.127. The van der Waals surface area contributed by atoms with E-state index in [-0.39, 0.29) is 18.6 Å². The predicted molar refractivity (Wildman–Crippen MR) is 99.3 cm³/mol. The van der Waals surface area contributed by atoms with Gasteiger partial charge in [-0.05, 0) is 32.6 Å². The number of nitrogens with zero attached hydrogens (tertiary/aromatic N) is 2. The normalized spacial score (nSPS) is 19.7. The fraction of sp³-hybridized carbons (Fsp3) is 0.889. The van der Waals surface area contributed by atoms with Gasteiger partial charge in [-0.1, -0.05) is 26.2 Å². The third-order valence-electron chi connectivity index (χ3n) is 4.27. The minimum atomic E-state index is 0.00338. The van der Waals surface area contributed by atoms with E-state index in [2.05, 4.69) is 29.5 Å². The number of carbonyl (C=O) groups excluding carboxylic acids is 1. The summed E-state index contributed by atoms with van der Waals surface area (Å²) >= 11 is 0. The highest BCUT2D eigenvalue weighted by Crippen LogP contribution is 2.11. The highest BCUT2D eigenvalue weighted by Gasteiger charge is 2.15. The molecule has 0 aliphatic carbocycles. The third-order valence-corrected chi connectivity index (χ3v) is 4.27. The first-order valence-corrected chi connectivity index (χ1v) is 9.39. The average Bonchev–Trinajstić information content (AvgIpc) is 2.58. The SMILES string of the molecule is CCCCCC(C)NC(=NCC(=O)N(C)C)NCC1CCCCO1. The van der Waals surface area contributed by atoms with Gasteiger partial charge in [0.05, 0.1) is 6.10 Å². The second-order valence-corrected chi connectivity index (χ2v) is 6.86. The summed E-state index contributed by atoms with van der Waals surface area (Å²) < 4.78 is 5.76. The first-order chi connectivity index (χ1) is 11.5. The van der Waals surface area contributed by atoms with Crippen LogP contribution in [-0.2, 0) is 9.53 Å². The third kappa shape index (κ3) is 9.11. The summed E-state index contributed by atoms with van der Waals surface area (Å²) in [5, 5.41) is 6.77. The van der Waals surface area contributed by atoms with Crippen LogP contribution < -0.4 is 10.6 Å². The summed E-state index contributed by atoms with van der Waals surface area (Å²) in [5.41, 5.74) is 0. The highest BCUT2D eigenvalue weighted by atomic mass is 16.5. The molecule has 0 aromatic heterocycles. The Labute approximate surface area is 147 Å². The Bertz CT molecular complexity index is 379. The van der Waals surface area contributed by atoms with E-state index in [0.717, 1.165) is 32.4 Å². The molecule has 0 aromatic rings. The molecule has 2 atom stereocenters. The van der Waals surface area contributed by atoms with Gasteiger partial charge in [-0.25, -0.2) is 4.99 Å². The second kappa shape index (κ2) is 12.1. The second-order valence-electron chi connectivity index (χ2n) is 6.86. The Morgan fingerprint density at radius 3 is 2.75 bits per heavy atom. The zero-order valence-corrected chi connectivity index (χ0v) is 15.9. The number of hydrogen-bond donors (Lipinski definition) is 2. The molecule has 0 spiro atoms. The van der Waals surface area contributed by atoms with Crippen molar-refractivity contribution in [2.75, 3.05) is 33.8 Å². The van der Waals surface area contributed by atoms with Crippen LogP contribution in [0.3, 0.4) is 0 Å². The molecule has 0 radical (unpaired) electrons. The quantitative estimate of drug-likeness (QED) is 0.383.